The van der Waals surface area contributed by atoms with Gasteiger partial charge in [0.05, 0.1) is 18.4 Å². The number of Topliss-reactive ketones (excluding diaryl/α,β-unsaturated/α-hetero) is 1. The molecule has 3 aliphatic carbocycles. The summed E-state index contributed by atoms with van der Waals surface area (Å²) in [5.74, 6) is 0.465. The van der Waals surface area contributed by atoms with Crippen LogP contribution in [-0.2, 0) is 14.3 Å². The average Bonchev–Trinajstić information content (AvgIpc) is 2.68. The van der Waals surface area contributed by atoms with Gasteiger partial charge in [0.15, 0.2) is 0 Å². The number of allylic oxidation sites excluding steroid dienone is 2. The van der Waals surface area contributed by atoms with Gasteiger partial charge >= 0.3 is 5.97 Å². The fourth-order valence-electron chi connectivity index (χ4n) is 4.80. The third-order valence-electron chi connectivity index (χ3n) is 5.52. The van der Waals surface area contributed by atoms with Crippen LogP contribution >= 0.6 is 0 Å². The number of fused-ring (bicyclic) bond motifs is 5. The minimum Gasteiger partial charge on any atom is -0.469 e. The van der Waals surface area contributed by atoms with Crippen LogP contribution < -0.4 is 0 Å². The van der Waals surface area contributed by atoms with E-state index in [1.807, 2.05) is 6.92 Å². The number of ketones is 1. The number of methoxy groups -OCH3 is 1. The number of hydrogen-bond acceptors (Lipinski definition) is 3. The van der Waals surface area contributed by atoms with Crippen molar-refractivity contribution in [3.63, 3.8) is 0 Å². The molecular formula is C14H18O3. The fourth-order valence-corrected chi connectivity index (χ4v) is 4.80. The van der Waals surface area contributed by atoms with Gasteiger partial charge < -0.3 is 4.74 Å². The van der Waals surface area contributed by atoms with Crippen molar-refractivity contribution in [1.82, 2.24) is 0 Å². The Labute approximate surface area is 101 Å². The minimum atomic E-state index is -0.436. The Hall–Kier alpha value is -1.12. The van der Waals surface area contributed by atoms with E-state index in [0.717, 1.165) is 6.42 Å². The lowest BCUT2D eigenvalue weighted by Crippen LogP contribution is -2.28. The van der Waals surface area contributed by atoms with Crippen molar-refractivity contribution in [3.8, 4) is 0 Å². The largest absolute Gasteiger partial charge is 0.469 e. The van der Waals surface area contributed by atoms with Gasteiger partial charge in [-0.05, 0) is 18.3 Å². The Morgan fingerprint density at radius 3 is 2.59 bits per heavy atom. The number of hydrogen-bond donors (Lipinski definition) is 0. The van der Waals surface area contributed by atoms with Crippen molar-refractivity contribution < 1.29 is 14.3 Å². The predicted octanol–water partition coefficient (Wildman–Crippen LogP) is 1.97. The van der Waals surface area contributed by atoms with Crippen molar-refractivity contribution in [2.45, 2.75) is 26.7 Å². The van der Waals surface area contributed by atoms with E-state index in [1.165, 1.54) is 7.11 Å². The van der Waals surface area contributed by atoms with Gasteiger partial charge in [-0.15, -0.1) is 0 Å². The van der Waals surface area contributed by atoms with Gasteiger partial charge in [0.1, 0.15) is 5.78 Å². The molecule has 0 heterocycles. The molecule has 2 bridgehead atoms. The number of carbonyl (C=O) groups excluding carboxylic acids is 2. The summed E-state index contributed by atoms with van der Waals surface area (Å²) in [6, 6.07) is 0. The van der Waals surface area contributed by atoms with E-state index in [9.17, 15) is 9.59 Å². The van der Waals surface area contributed by atoms with Gasteiger partial charge in [0.2, 0.25) is 0 Å². The number of rotatable bonds is 3. The van der Waals surface area contributed by atoms with E-state index in [0.29, 0.717) is 12.3 Å². The molecule has 3 aliphatic rings. The van der Waals surface area contributed by atoms with Gasteiger partial charge in [-0.1, -0.05) is 26.0 Å². The Kier molecular flexibility index (Phi) is 1.94. The first-order valence-corrected chi connectivity index (χ1v) is 6.34. The molecule has 3 rings (SSSR count). The number of esters is 1. The van der Waals surface area contributed by atoms with Crippen LogP contribution in [0.15, 0.2) is 12.2 Å². The lowest BCUT2D eigenvalue weighted by molar-refractivity contribution is -0.145. The van der Waals surface area contributed by atoms with E-state index in [-0.39, 0.29) is 29.0 Å². The van der Waals surface area contributed by atoms with Crippen molar-refractivity contribution >= 4 is 11.8 Å². The zero-order chi connectivity index (χ0) is 12.4. The summed E-state index contributed by atoms with van der Waals surface area (Å²) < 4.78 is 4.90. The van der Waals surface area contributed by atoms with Crippen molar-refractivity contribution in [1.29, 1.82) is 0 Å². The second kappa shape index (κ2) is 3.01. The molecule has 0 saturated heterocycles. The Bertz CT molecular complexity index is 439. The first kappa shape index (κ1) is 11.0. The lowest BCUT2D eigenvalue weighted by Gasteiger charge is -2.21. The summed E-state index contributed by atoms with van der Waals surface area (Å²) in [5.41, 5.74) is -0.610. The molecule has 3 nitrogen and oxygen atoms in total. The molecule has 0 aliphatic heterocycles. The van der Waals surface area contributed by atoms with Gasteiger partial charge in [0, 0.05) is 11.8 Å². The molecule has 0 aromatic rings. The SMILES string of the molecule is CCC(=O)[C@]12[C@H]3C=C[C@H](C3)[C@@]1(C)[C@@H]2C(=O)OC. The highest BCUT2D eigenvalue weighted by Crippen LogP contribution is 2.84. The molecule has 0 aromatic carbocycles. The van der Waals surface area contributed by atoms with Crippen LogP contribution in [-0.4, -0.2) is 18.9 Å². The molecule has 2 fully saturated rings. The second-order valence-electron chi connectivity index (χ2n) is 5.72. The summed E-state index contributed by atoms with van der Waals surface area (Å²) in [4.78, 5) is 24.3. The molecule has 0 aromatic heterocycles. The smallest absolute Gasteiger partial charge is 0.310 e. The number of carbonyl (C=O) groups is 2. The van der Waals surface area contributed by atoms with Crippen LogP contribution in [0.1, 0.15) is 26.7 Å². The van der Waals surface area contributed by atoms with E-state index < -0.39 is 5.41 Å². The maximum Gasteiger partial charge on any atom is 0.310 e. The summed E-state index contributed by atoms with van der Waals surface area (Å²) in [6.07, 6.45) is 5.88. The molecular weight excluding hydrogens is 216 g/mol. The molecule has 0 amide bonds. The van der Waals surface area contributed by atoms with Gasteiger partial charge in [-0.3, -0.25) is 9.59 Å². The maximum atomic E-state index is 12.4. The molecule has 17 heavy (non-hydrogen) atoms. The van der Waals surface area contributed by atoms with E-state index in [4.69, 9.17) is 4.74 Å². The van der Waals surface area contributed by atoms with Crippen LogP contribution in [0, 0.1) is 28.6 Å². The van der Waals surface area contributed by atoms with Crippen LogP contribution in [0.4, 0.5) is 0 Å². The third kappa shape index (κ3) is 0.883. The monoisotopic (exact) mass is 234 g/mol. The summed E-state index contributed by atoms with van der Waals surface area (Å²) >= 11 is 0. The zero-order valence-electron chi connectivity index (χ0n) is 10.5. The maximum absolute atomic E-state index is 12.4. The van der Waals surface area contributed by atoms with Crippen LogP contribution in [0.2, 0.25) is 0 Å². The Morgan fingerprint density at radius 2 is 2.00 bits per heavy atom. The quantitative estimate of drug-likeness (QED) is 0.554. The first-order valence-electron chi connectivity index (χ1n) is 6.34. The normalized spacial score (nSPS) is 49.0. The minimum absolute atomic E-state index is 0.174. The molecule has 2 saturated carbocycles. The molecule has 0 spiro atoms. The molecule has 0 radical (unpaired) electrons. The van der Waals surface area contributed by atoms with Crippen LogP contribution in [0.25, 0.3) is 0 Å². The molecule has 92 valence electrons. The topological polar surface area (TPSA) is 43.4 Å². The second-order valence-corrected chi connectivity index (χ2v) is 5.72. The van der Waals surface area contributed by atoms with E-state index >= 15 is 0 Å². The lowest BCUT2D eigenvalue weighted by atomic mass is 9.80. The Morgan fingerprint density at radius 1 is 1.35 bits per heavy atom. The predicted molar refractivity (Wildman–Crippen MR) is 62.1 cm³/mol. The summed E-state index contributed by atoms with van der Waals surface area (Å²) in [7, 11) is 1.42. The number of ether oxygens (including phenoxy) is 1. The highest BCUT2D eigenvalue weighted by Gasteiger charge is 2.88. The standard InChI is InChI=1S/C14H18O3/c1-4-10(15)14-9-6-5-8(7-9)13(14,2)11(14)12(16)17-3/h5-6,8-9,11H,4,7H2,1-3H3/t8-,9+,11+,13+,14+/m1/s1. The highest BCUT2D eigenvalue weighted by molar-refractivity contribution is 5.99. The van der Waals surface area contributed by atoms with Gasteiger partial charge in [-0.2, -0.15) is 0 Å². The fraction of sp³-hybridized carbons (Fsp3) is 0.714. The zero-order valence-corrected chi connectivity index (χ0v) is 10.5. The van der Waals surface area contributed by atoms with Crippen molar-refractivity contribution in [2.24, 2.45) is 28.6 Å². The van der Waals surface area contributed by atoms with Gasteiger partial charge in [0.25, 0.3) is 0 Å². The van der Waals surface area contributed by atoms with E-state index in [2.05, 4.69) is 19.1 Å². The summed E-state index contributed by atoms with van der Waals surface area (Å²) in [5, 5.41) is 0. The van der Waals surface area contributed by atoms with Crippen LogP contribution in [0.3, 0.4) is 0 Å². The first-order chi connectivity index (χ1) is 8.05. The molecule has 0 unspecified atom stereocenters. The third-order valence-corrected chi connectivity index (χ3v) is 5.52. The van der Waals surface area contributed by atoms with E-state index in [1.54, 1.807) is 0 Å². The highest BCUT2D eigenvalue weighted by atomic mass is 16.5. The van der Waals surface area contributed by atoms with Crippen molar-refractivity contribution in [3.05, 3.63) is 12.2 Å². The molecule has 0 N–H and O–H groups in total. The molecule has 3 heteroatoms. The average molecular weight is 234 g/mol. The summed E-state index contributed by atoms with van der Waals surface area (Å²) in [6.45, 7) is 3.98. The van der Waals surface area contributed by atoms with Crippen molar-refractivity contribution in [2.75, 3.05) is 7.11 Å². The Balaban J connectivity index is 2.07. The van der Waals surface area contributed by atoms with Crippen LogP contribution in [0.5, 0.6) is 0 Å². The van der Waals surface area contributed by atoms with Gasteiger partial charge in [-0.25, -0.2) is 0 Å². The molecule has 5 atom stereocenters.